The molecular formula is C11H8ClN5O2. The zero-order chi connectivity index (χ0) is 13.4. The molecule has 0 bridgehead atoms. The number of aromatic nitrogens is 4. The highest BCUT2D eigenvalue weighted by Crippen LogP contribution is 2.30. The Labute approximate surface area is 111 Å². The van der Waals surface area contributed by atoms with E-state index in [4.69, 9.17) is 22.1 Å². The van der Waals surface area contributed by atoms with Gasteiger partial charge in [0.25, 0.3) is 0 Å². The first-order valence-electron chi connectivity index (χ1n) is 5.31. The lowest BCUT2D eigenvalue weighted by Crippen LogP contribution is -2.12. The lowest BCUT2D eigenvalue weighted by molar-refractivity contribution is 0.452. The smallest absolute Gasteiger partial charge is 0.364 e. The van der Waals surface area contributed by atoms with Crippen molar-refractivity contribution in [3.05, 3.63) is 45.8 Å². The third kappa shape index (κ3) is 2.11. The zero-order valence-electron chi connectivity index (χ0n) is 9.50. The fourth-order valence-electron chi connectivity index (χ4n) is 1.55. The van der Waals surface area contributed by atoms with Gasteiger partial charge in [-0.1, -0.05) is 11.6 Å². The summed E-state index contributed by atoms with van der Waals surface area (Å²) in [6.07, 6.45) is 0. The van der Waals surface area contributed by atoms with E-state index >= 15 is 0 Å². The average Bonchev–Trinajstić information content (AvgIpc) is 2.76. The number of nitrogens with two attached hydrogens (primary N) is 1. The lowest BCUT2D eigenvalue weighted by atomic mass is 10.3. The molecule has 0 saturated heterocycles. The Hall–Kier alpha value is -2.54. The molecule has 8 heteroatoms. The molecule has 1 aromatic carbocycles. The second-order valence-electron chi connectivity index (χ2n) is 3.76. The van der Waals surface area contributed by atoms with Crippen molar-refractivity contribution in [1.29, 1.82) is 0 Å². The summed E-state index contributed by atoms with van der Waals surface area (Å²) in [4.78, 5) is 11.4. The van der Waals surface area contributed by atoms with Crippen LogP contribution >= 0.6 is 11.6 Å². The van der Waals surface area contributed by atoms with Crippen LogP contribution in [-0.2, 0) is 0 Å². The van der Waals surface area contributed by atoms with Gasteiger partial charge in [0.05, 0.1) is 5.02 Å². The van der Waals surface area contributed by atoms with Gasteiger partial charge in [0.1, 0.15) is 5.75 Å². The molecule has 2 aromatic heterocycles. The van der Waals surface area contributed by atoms with Gasteiger partial charge in [-0.25, -0.2) is 9.89 Å². The number of ether oxygens (including phenoxy) is 1. The second kappa shape index (κ2) is 4.29. The molecule has 19 heavy (non-hydrogen) atoms. The summed E-state index contributed by atoms with van der Waals surface area (Å²) in [5.74, 6) is 0.577. The van der Waals surface area contributed by atoms with Crippen molar-refractivity contribution in [2.75, 3.05) is 5.73 Å². The van der Waals surface area contributed by atoms with Crippen molar-refractivity contribution >= 4 is 22.9 Å². The van der Waals surface area contributed by atoms with Crippen LogP contribution < -0.4 is 16.2 Å². The molecule has 0 unspecified atom stereocenters. The highest BCUT2D eigenvalue weighted by atomic mass is 35.5. The van der Waals surface area contributed by atoms with Crippen LogP contribution in [0.4, 0.5) is 5.69 Å². The summed E-state index contributed by atoms with van der Waals surface area (Å²) >= 11 is 5.98. The van der Waals surface area contributed by atoms with Gasteiger partial charge in [-0.05, 0) is 18.2 Å². The number of aromatic amines is 1. The van der Waals surface area contributed by atoms with E-state index in [2.05, 4.69) is 15.3 Å². The van der Waals surface area contributed by atoms with Crippen molar-refractivity contribution in [3.8, 4) is 11.6 Å². The molecule has 0 saturated carbocycles. The molecule has 3 N–H and O–H groups in total. The molecular weight excluding hydrogens is 270 g/mol. The van der Waals surface area contributed by atoms with Crippen LogP contribution in [0, 0.1) is 0 Å². The highest BCUT2D eigenvalue weighted by molar-refractivity contribution is 6.32. The van der Waals surface area contributed by atoms with E-state index in [1.54, 1.807) is 30.3 Å². The molecule has 0 amide bonds. The number of nitrogens with one attached hydrogen (secondary N) is 1. The quantitative estimate of drug-likeness (QED) is 0.691. The standard InChI is InChI=1S/C11H8ClN5O2/c12-7-2-1-6(13)5-8(7)19-10-4-3-9-14-15-11(18)17(9)16-10/h1-5H,13H2,(H,15,18). The molecule has 3 aromatic rings. The number of fused-ring (bicyclic) bond motifs is 1. The van der Waals surface area contributed by atoms with Gasteiger partial charge in [-0.15, -0.1) is 5.10 Å². The number of rotatable bonds is 2. The third-order valence-electron chi connectivity index (χ3n) is 2.42. The van der Waals surface area contributed by atoms with Crippen molar-refractivity contribution in [2.24, 2.45) is 0 Å². The maximum Gasteiger partial charge on any atom is 0.364 e. The molecule has 0 aliphatic heterocycles. The summed E-state index contributed by atoms with van der Waals surface area (Å²) in [7, 11) is 0. The molecule has 96 valence electrons. The van der Waals surface area contributed by atoms with Gasteiger partial charge in [-0.3, -0.25) is 0 Å². The molecule has 3 rings (SSSR count). The van der Waals surface area contributed by atoms with Gasteiger partial charge in [0.15, 0.2) is 5.65 Å². The first-order valence-corrected chi connectivity index (χ1v) is 5.68. The van der Waals surface area contributed by atoms with Crippen molar-refractivity contribution in [1.82, 2.24) is 19.8 Å². The molecule has 0 fully saturated rings. The van der Waals surface area contributed by atoms with Crippen LogP contribution in [0.1, 0.15) is 0 Å². The number of hydrogen-bond acceptors (Lipinski definition) is 5. The third-order valence-corrected chi connectivity index (χ3v) is 2.73. The number of halogens is 1. The largest absolute Gasteiger partial charge is 0.436 e. The number of anilines is 1. The minimum absolute atomic E-state index is 0.212. The van der Waals surface area contributed by atoms with Crippen LogP contribution in [0.3, 0.4) is 0 Å². The molecule has 7 nitrogen and oxygen atoms in total. The Balaban J connectivity index is 2.03. The predicted molar refractivity (Wildman–Crippen MR) is 69.5 cm³/mol. The van der Waals surface area contributed by atoms with E-state index in [-0.39, 0.29) is 5.88 Å². The SMILES string of the molecule is Nc1ccc(Cl)c(Oc2ccc3n[nH]c(=O)n3n2)c1. The van der Waals surface area contributed by atoms with Crippen molar-refractivity contribution < 1.29 is 4.74 Å². The lowest BCUT2D eigenvalue weighted by Gasteiger charge is -2.07. The molecule has 0 atom stereocenters. The minimum atomic E-state index is -0.445. The van der Waals surface area contributed by atoms with Gasteiger partial charge >= 0.3 is 5.69 Å². The maximum absolute atomic E-state index is 11.4. The predicted octanol–water partition coefficient (Wildman–Crippen LogP) is 1.45. The van der Waals surface area contributed by atoms with Crippen molar-refractivity contribution in [3.63, 3.8) is 0 Å². The molecule has 2 heterocycles. The van der Waals surface area contributed by atoms with Crippen LogP contribution in [0.5, 0.6) is 11.6 Å². The molecule has 0 radical (unpaired) electrons. The first kappa shape index (κ1) is 11.5. The van der Waals surface area contributed by atoms with Crippen LogP contribution in [-0.4, -0.2) is 19.8 Å². The first-order chi connectivity index (χ1) is 9.13. The van der Waals surface area contributed by atoms with Crippen LogP contribution in [0.15, 0.2) is 35.1 Å². The number of H-pyrrole nitrogens is 1. The molecule has 0 aliphatic carbocycles. The number of benzene rings is 1. The average molecular weight is 278 g/mol. The summed E-state index contributed by atoms with van der Waals surface area (Å²) in [5, 5.41) is 10.4. The Kier molecular flexibility index (Phi) is 2.60. The van der Waals surface area contributed by atoms with E-state index < -0.39 is 5.69 Å². The summed E-state index contributed by atoms with van der Waals surface area (Å²) < 4.78 is 6.59. The second-order valence-corrected chi connectivity index (χ2v) is 4.17. The summed E-state index contributed by atoms with van der Waals surface area (Å²) in [6.45, 7) is 0. The van der Waals surface area contributed by atoms with Gasteiger partial charge in [-0.2, -0.15) is 9.61 Å². The normalized spacial score (nSPS) is 10.8. The Morgan fingerprint density at radius 1 is 1.32 bits per heavy atom. The fraction of sp³-hybridized carbons (Fsp3) is 0. The van der Waals surface area contributed by atoms with Crippen molar-refractivity contribution in [2.45, 2.75) is 0 Å². The summed E-state index contributed by atoms with van der Waals surface area (Å²) in [6, 6.07) is 8.03. The van der Waals surface area contributed by atoms with E-state index in [9.17, 15) is 4.79 Å². The van der Waals surface area contributed by atoms with E-state index in [1.165, 1.54) is 0 Å². The number of nitrogen functional groups attached to an aromatic ring is 1. The highest BCUT2D eigenvalue weighted by Gasteiger charge is 2.07. The number of hydrogen-bond donors (Lipinski definition) is 2. The topological polar surface area (TPSA) is 98.3 Å². The van der Waals surface area contributed by atoms with Gasteiger partial charge in [0, 0.05) is 17.8 Å². The Morgan fingerprint density at radius 2 is 2.16 bits per heavy atom. The Morgan fingerprint density at radius 3 is 3.00 bits per heavy atom. The number of nitrogens with zero attached hydrogens (tertiary/aromatic N) is 3. The Bertz CT molecular complexity index is 810. The monoisotopic (exact) mass is 277 g/mol. The minimum Gasteiger partial charge on any atom is -0.436 e. The van der Waals surface area contributed by atoms with Gasteiger partial charge in [0.2, 0.25) is 5.88 Å². The maximum atomic E-state index is 11.4. The molecule has 0 spiro atoms. The van der Waals surface area contributed by atoms with E-state index in [0.717, 1.165) is 4.52 Å². The van der Waals surface area contributed by atoms with Crippen LogP contribution in [0.2, 0.25) is 5.02 Å². The van der Waals surface area contributed by atoms with Gasteiger partial charge < -0.3 is 10.5 Å². The van der Waals surface area contributed by atoms with E-state index in [1.807, 2.05) is 0 Å². The fourth-order valence-corrected chi connectivity index (χ4v) is 1.71. The molecule has 0 aliphatic rings. The van der Waals surface area contributed by atoms with E-state index in [0.29, 0.717) is 22.1 Å². The zero-order valence-corrected chi connectivity index (χ0v) is 10.3. The summed E-state index contributed by atoms with van der Waals surface area (Å²) in [5.41, 5.74) is 6.12. The van der Waals surface area contributed by atoms with Crippen LogP contribution in [0.25, 0.3) is 5.65 Å².